The Hall–Kier alpha value is -4.15. The molecule has 4 rings (SSSR count). The van der Waals surface area contributed by atoms with Crippen LogP contribution in [0.15, 0.2) is 40.8 Å². The minimum Gasteiger partial charge on any atom is -0.493 e. The van der Waals surface area contributed by atoms with Gasteiger partial charge in [0.1, 0.15) is 11.6 Å². The maximum atomic E-state index is 14.2. The van der Waals surface area contributed by atoms with Gasteiger partial charge in [-0.05, 0) is 69.7 Å². The second kappa shape index (κ2) is 12.8. The molecular formula is C31H37F2N3O6. The van der Waals surface area contributed by atoms with Gasteiger partial charge in [0.25, 0.3) is 5.91 Å². The fourth-order valence-electron chi connectivity index (χ4n) is 4.09. The van der Waals surface area contributed by atoms with Gasteiger partial charge >= 0.3 is 6.09 Å². The molecule has 1 fully saturated rings. The summed E-state index contributed by atoms with van der Waals surface area (Å²) in [5.74, 6) is -0.861. The molecule has 1 saturated carbocycles. The van der Waals surface area contributed by atoms with Crippen LogP contribution in [0.1, 0.15) is 75.4 Å². The lowest BCUT2D eigenvalue weighted by Crippen LogP contribution is -2.41. The Bertz CT molecular complexity index is 1430. The third-order valence-corrected chi connectivity index (χ3v) is 6.48. The predicted molar refractivity (Wildman–Crippen MR) is 151 cm³/mol. The molecule has 1 aliphatic carbocycles. The number of hydrogen-bond donors (Lipinski definition) is 2. The molecule has 2 amide bonds. The average Bonchev–Trinajstić information content (AvgIpc) is 3.64. The summed E-state index contributed by atoms with van der Waals surface area (Å²) in [5, 5.41) is 5.35. The monoisotopic (exact) mass is 585 g/mol. The van der Waals surface area contributed by atoms with Crippen LogP contribution in [-0.4, -0.2) is 36.2 Å². The Morgan fingerprint density at radius 3 is 2.45 bits per heavy atom. The lowest BCUT2D eigenvalue weighted by Gasteiger charge is -2.24. The lowest BCUT2D eigenvalue weighted by molar-refractivity contribution is 0.0513. The average molecular weight is 586 g/mol. The number of alkyl carbamates (subject to hydrolysis) is 1. The van der Waals surface area contributed by atoms with Gasteiger partial charge in [0.2, 0.25) is 5.89 Å². The molecule has 0 aliphatic heterocycles. The van der Waals surface area contributed by atoms with Crippen molar-refractivity contribution >= 4 is 12.0 Å². The molecule has 0 saturated heterocycles. The molecule has 9 nitrogen and oxygen atoms in total. The minimum atomic E-state index is -0.985. The number of oxazole rings is 1. The Kier molecular flexibility index (Phi) is 9.38. The van der Waals surface area contributed by atoms with Crippen molar-refractivity contribution < 1.29 is 37.0 Å². The van der Waals surface area contributed by atoms with Gasteiger partial charge in [-0.3, -0.25) is 4.79 Å². The fraction of sp³-hybridized carbons (Fsp3) is 0.452. The number of benzene rings is 2. The zero-order chi connectivity index (χ0) is 30.6. The largest absolute Gasteiger partial charge is 0.493 e. The Morgan fingerprint density at radius 1 is 1.10 bits per heavy atom. The van der Waals surface area contributed by atoms with E-state index in [-0.39, 0.29) is 35.4 Å². The van der Waals surface area contributed by atoms with Crippen molar-refractivity contribution in [2.75, 3.05) is 13.7 Å². The first kappa shape index (κ1) is 30.8. The summed E-state index contributed by atoms with van der Waals surface area (Å²) in [7, 11) is 1.54. The van der Waals surface area contributed by atoms with Crippen molar-refractivity contribution in [2.24, 2.45) is 11.8 Å². The van der Waals surface area contributed by atoms with Gasteiger partial charge in [0.05, 0.1) is 13.7 Å². The molecule has 0 unspecified atom stereocenters. The van der Waals surface area contributed by atoms with E-state index in [4.69, 9.17) is 18.6 Å². The molecule has 0 spiro atoms. The van der Waals surface area contributed by atoms with Crippen LogP contribution in [0.3, 0.4) is 0 Å². The molecule has 1 heterocycles. The highest BCUT2D eigenvalue weighted by atomic mass is 19.1. The molecule has 2 aromatic carbocycles. The summed E-state index contributed by atoms with van der Waals surface area (Å²) < 4.78 is 50.9. The molecule has 3 aromatic rings. The van der Waals surface area contributed by atoms with Gasteiger partial charge in [0.15, 0.2) is 29.1 Å². The third-order valence-electron chi connectivity index (χ3n) is 6.48. The van der Waals surface area contributed by atoms with E-state index in [1.165, 1.54) is 6.07 Å². The summed E-state index contributed by atoms with van der Waals surface area (Å²) in [4.78, 5) is 30.6. The SMILES string of the molecule is COc1ccc(-c2nc(C(=O)NCc3ccc(F)cc3F)c([C@@H](OC(=O)NC(C)(C)C)C(C)C)o2)cc1OCC1CC1. The molecule has 2 N–H and O–H groups in total. The number of amides is 2. The predicted octanol–water partition coefficient (Wildman–Crippen LogP) is 6.57. The molecule has 1 atom stereocenters. The smallest absolute Gasteiger partial charge is 0.408 e. The summed E-state index contributed by atoms with van der Waals surface area (Å²) in [6.07, 6.45) is 0.551. The first-order valence-electron chi connectivity index (χ1n) is 13.9. The summed E-state index contributed by atoms with van der Waals surface area (Å²) in [6, 6.07) is 8.23. The van der Waals surface area contributed by atoms with Crippen molar-refractivity contribution in [1.29, 1.82) is 0 Å². The van der Waals surface area contributed by atoms with Crippen molar-refractivity contribution in [3.63, 3.8) is 0 Å². The second-order valence-corrected chi connectivity index (χ2v) is 11.7. The van der Waals surface area contributed by atoms with E-state index >= 15 is 0 Å². The third kappa shape index (κ3) is 7.98. The summed E-state index contributed by atoms with van der Waals surface area (Å²) >= 11 is 0. The Balaban J connectivity index is 1.69. The lowest BCUT2D eigenvalue weighted by atomic mass is 10.0. The minimum absolute atomic E-state index is 0.0254. The van der Waals surface area contributed by atoms with E-state index in [2.05, 4.69) is 15.6 Å². The maximum absolute atomic E-state index is 14.2. The fourth-order valence-corrected chi connectivity index (χ4v) is 4.09. The van der Waals surface area contributed by atoms with Crippen molar-refractivity contribution in [2.45, 2.75) is 65.6 Å². The Morgan fingerprint density at radius 2 is 1.83 bits per heavy atom. The van der Waals surface area contributed by atoms with Crippen LogP contribution in [-0.2, 0) is 11.3 Å². The summed E-state index contributed by atoms with van der Waals surface area (Å²) in [6.45, 7) is 9.37. The molecule has 42 heavy (non-hydrogen) atoms. The van der Waals surface area contributed by atoms with Gasteiger partial charge in [0, 0.05) is 29.3 Å². The van der Waals surface area contributed by atoms with E-state index in [1.54, 1.807) is 25.3 Å². The first-order chi connectivity index (χ1) is 19.8. The van der Waals surface area contributed by atoms with Gasteiger partial charge in [-0.2, -0.15) is 0 Å². The number of methoxy groups -OCH3 is 1. The van der Waals surface area contributed by atoms with Crippen LogP contribution in [0.5, 0.6) is 11.5 Å². The number of nitrogens with one attached hydrogen (secondary N) is 2. The van der Waals surface area contributed by atoms with Crippen LogP contribution < -0.4 is 20.1 Å². The van der Waals surface area contributed by atoms with Gasteiger partial charge in [-0.25, -0.2) is 18.6 Å². The van der Waals surface area contributed by atoms with Gasteiger partial charge in [-0.15, -0.1) is 0 Å². The van der Waals surface area contributed by atoms with E-state index in [1.807, 2.05) is 34.6 Å². The topological polar surface area (TPSA) is 112 Å². The number of rotatable bonds is 11. The van der Waals surface area contributed by atoms with Crippen molar-refractivity contribution in [3.05, 3.63) is 65.1 Å². The van der Waals surface area contributed by atoms with Crippen LogP contribution in [0, 0.1) is 23.5 Å². The highest BCUT2D eigenvalue weighted by molar-refractivity contribution is 5.94. The zero-order valence-electron chi connectivity index (χ0n) is 24.7. The first-order valence-corrected chi connectivity index (χ1v) is 13.9. The van der Waals surface area contributed by atoms with Crippen LogP contribution >= 0.6 is 0 Å². The molecule has 226 valence electrons. The Labute approximate surface area is 243 Å². The normalized spacial score (nSPS) is 13.9. The van der Waals surface area contributed by atoms with Crippen molar-refractivity contribution in [1.82, 2.24) is 15.6 Å². The molecule has 1 aliphatic rings. The highest BCUT2D eigenvalue weighted by Gasteiger charge is 2.33. The zero-order valence-corrected chi connectivity index (χ0v) is 24.7. The molecule has 11 heteroatoms. The van der Waals surface area contributed by atoms with Gasteiger partial charge < -0.3 is 29.3 Å². The highest BCUT2D eigenvalue weighted by Crippen LogP contribution is 2.38. The van der Waals surface area contributed by atoms with E-state index in [0.717, 1.165) is 25.0 Å². The van der Waals surface area contributed by atoms with E-state index < -0.39 is 35.3 Å². The number of ether oxygens (including phenoxy) is 3. The van der Waals surface area contributed by atoms with Crippen molar-refractivity contribution in [3.8, 4) is 23.0 Å². The quantitative estimate of drug-likeness (QED) is 0.262. The summed E-state index contributed by atoms with van der Waals surface area (Å²) in [5.41, 5.74) is -0.104. The number of carbonyl (C=O) groups is 2. The number of hydrogen-bond acceptors (Lipinski definition) is 7. The maximum Gasteiger partial charge on any atom is 0.408 e. The number of aromatic nitrogens is 1. The van der Waals surface area contributed by atoms with E-state index in [0.29, 0.717) is 29.6 Å². The number of nitrogens with zero attached hydrogens (tertiary/aromatic N) is 1. The van der Waals surface area contributed by atoms with Gasteiger partial charge in [-0.1, -0.05) is 19.9 Å². The van der Waals surface area contributed by atoms with Crippen LogP contribution in [0.4, 0.5) is 13.6 Å². The molecule has 0 bridgehead atoms. The van der Waals surface area contributed by atoms with Crippen LogP contribution in [0.25, 0.3) is 11.5 Å². The molecule has 0 radical (unpaired) electrons. The second-order valence-electron chi connectivity index (χ2n) is 11.7. The van der Waals surface area contributed by atoms with E-state index in [9.17, 15) is 18.4 Å². The van der Waals surface area contributed by atoms with Crippen LogP contribution in [0.2, 0.25) is 0 Å². The molecule has 1 aromatic heterocycles. The number of halogens is 2. The molecular weight excluding hydrogens is 548 g/mol. The standard InChI is InChI=1S/C31H37F2N3O6/c1-17(2)26(42-30(38)36-31(3,4)5)27-25(28(37)34-15-20-9-11-21(32)14-22(20)33)35-29(41-27)19-10-12-23(39-6)24(13-19)40-16-18-7-8-18/h9-14,17-18,26H,7-8,15-16H2,1-6H3,(H,34,37)(H,36,38)/t26-/m0/s1. The number of carbonyl (C=O) groups excluding carboxylic acids is 2.